The van der Waals surface area contributed by atoms with Gasteiger partial charge >= 0.3 is 0 Å². The van der Waals surface area contributed by atoms with Crippen LogP contribution < -0.4 is 5.73 Å². The highest BCUT2D eigenvalue weighted by Gasteiger charge is 2.38. The Balaban J connectivity index is 2.20. The molecule has 2 rings (SSSR count). The molecule has 0 amide bonds. The van der Waals surface area contributed by atoms with Gasteiger partial charge in [-0.05, 0) is 49.4 Å². The number of rotatable bonds is 2. The molecule has 0 aromatic heterocycles. The zero-order valence-corrected chi connectivity index (χ0v) is 7.81. The molecule has 1 aromatic carbocycles. The lowest BCUT2D eigenvalue weighted by Crippen LogP contribution is -2.24. The van der Waals surface area contributed by atoms with E-state index in [0.29, 0.717) is 0 Å². The van der Waals surface area contributed by atoms with Crippen molar-refractivity contribution in [2.45, 2.75) is 31.7 Å². The second-order valence-corrected chi connectivity index (χ2v) is 4.11. The maximum atomic E-state index is 12.8. The zero-order chi connectivity index (χ0) is 9.47. The molecule has 1 saturated carbocycles. The minimum absolute atomic E-state index is 0.0165. The van der Waals surface area contributed by atoms with Crippen LogP contribution in [0.3, 0.4) is 0 Å². The van der Waals surface area contributed by atoms with Crippen molar-refractivity contribution in [3.63, 3.8) is 0 Å². The first-order valence-corrected chi connectivity index (χ1v) is 4.63. The SMILES string of the molecule is Cc1cc(F)ccc1CC1(N)CC1. The average Bonchev–Trinajstić information content (AvgIpc) is 2.75. The number of nitrogens with two attached hydrogens (primary N) is 1. The van der Waals surface area contributed by atoms with Gasteiger partial charge in [0.25, 0.3) is 0 Å². The van der Waals surface area contributed by atoms with Crippen molar-refractivity contribution in [2.24, 2.45) is 5.73 Å². The second kappa shape index (κ2) is 2.81. The highest BCUT2D eigenvalue weighted by atomic mass is 19.1. The molecule has 2 heteroatoms. The lowest BCUT2D eigenvalue weighted by atomic mass is 10.0. The summed E-state index contributed by atoms with van der Waals surface area (Å²) in [6.45, 7) is 1.93. The predicted molar refractivity (Wildman–Crippen MR) is 51.0 cm³/mol. The summed E-state index contributed by atoms with van der Waals surface area (Å²) < 4.78 is 12.8. The first kappa shape index (κ1) is 8.70. The summed E-state index contributed by atoms with van der Waals surface area (Å²) in [5, 5.41) is 0. The Morgan fingerprint density at radius 1 is 1.46 bits per heavy atom. The summed E-state index contributed by atoms with van der Waals surface area (Å²) in [4.78, 5) is 0. The second-order valence-electron chi connectivity index (χ2n) is 4.11. The van der Waals surface area contributed by atoms with Gasteiger partial charge in [0.05, 0.1) is 0 Å². The van der Waals surface area contributed by atoms with Crippen LogP contribution in [-0.4, -0.2) is 5.54 Å². The Morgan fingerprint density at radius 3 is 2.69 bits per heavy atom. The van der Waals surface area contributed by atoms with Crippen LogP contribution in [0.4, 0.5) is 4.39 Å². The van der Waals surface area contributed by atoms with E-state index in [1.165, 1.54) is 11.6 Å². The van der Waals surface area contributed by atoms with E-state index in [4.69, 9.17) is 5.73 Å². The van der Waals surface area contributed by atoms with E-state index in [-0.39, 0.29) is 11.4 Å². The van der Waals surface area contributed by atoms with E-state index in [1.807, 2.05) is 13.0 Å². The maximum absolute atomic E-state index is 12.8. The lowest BCUT2D eigenvalue weighted by molar-refractivity contribution is 0.621. The minimum atomic E-state index is -0.164. The Kier molecular flexibility index (Phi) is 1.88. The van der Waals surface area contributed by atoms with E-state index in [1.54, 1.807) is 6.07 Å². The van der Waals surface area contributed by atoms with E-state index in [9.17, 15) is 4.39 Å². The van der Waals surface area contributed by atoms with Crippen molar-refractivity contribution >= 4 is 0 Å². The van der Waals surface area contributed by atoms with Crippen LogP contribution in [0.5, 0.6) is 0 Å². The molecule has 2 N–H and O–H groups in total. The van der Waals surface area contributed by atoms with Crippen LogP contribution in [0.2, 0.25) is 0 Å². The van der Waals surface area contributed by atoms with Crippen molar-refractivity contribution in [2.75, 3.05) is 0 Å². The van der Waals surface area contributed by atoms with Gasteiger partial charge in [-0.25, -0.2) is 4.39 Å². The first-order valence-electron chi connectivity index (χ1n) is 4.63. The first-order chi connectivity index (χ1) is 6.09. The molecule has 1 aliphatic carbocycles. The van der Waals surface area contributed by atoms with Crippen LogP contribution >= 0.6 is 0 Å². The summed E-state index contributed by atoms with van der Waals surface area (Å²) in [6, 6.07) is 4.92. The third kappa shape index (κ3) is 1.89. The molecule has 0 radical (unpaired) electrons. The molecule has 0 aliphatic heterocycles. The van der Waals surface area contributed by atoms with Crippen molar-refractivity contribution in [1.29, 1.82) is 0 Å². The molecular formula is C11H14FN. The van der Waals surface area contributed by atoms with E-state index < -0.39 is 0 Å². The largest absolute Gasteiger partial charge is 0.325 e. The van der Waals surface area contributed by atoms with Crippen molar-refractivity contribution in [3.8, 4) is 0 Å². The van der Waals surface area contributed by atoms with Gasteiger partial charge in [0.2, 0.25) is 0 Å². The number of aryl methyl sites for hydroxylation is 1. The molecular weight excluding hydrogens is 165 g/mol. The molecule has 0 heterocycles. The van der Waals surface area contributed by atoms with Gasteiger partial charge in [-0.3, -0.25) is 0 Å². The van der Waals surface area contributed by atoms with Crippen LogP contribution in [0, 0.1) is 12.7 Å². The molecule has 13 heavy (non-hydrogen) atoms. The highest BCUT2D eigenvalue weighted by Crippen LogP contribution is 2.36. The lowest BCUT2D eigenvalue weighted by Gasteiger charge is -2.10. The van der Waals surface area contributed by atoms with Crippen LogP contribution in [0.1, 0.15) is 24.0 Å². The smallest absolute Gasteiger partial charge is 0.123 e. The van der Waals surface area contributed by atoms with Gasteiger partial charge in [0.15, 0.2) is 0 Å². The van der Waals surface area contributed by atoms with Crippen molar-refractivity contribution < 1.29 is 4.39 Å². The summed E-state index contributed by atoms with van der Waals surface area (Å²) in [6.07, 6.45) is 3.09. The number of benzene rings is 1. The molecule has 1 fully saturated rings. The minimum Gasteiger partial charge on any atom is -0.325 e. The number of hydrogen-bond donors (Lipinski definition) is 1. The summed E-state index contributed by atoms with van der Waals surface area (Å²) in [7, 11) is 0. The van der Waals surface area contributed by atoms with E-state index in [0.717, 1.165) is 24.8 Å². The third-order valence-corrected chi connectivity index (χ3v) is 2.74. The van der Waals surface area contributed by atoms with Gasteiger partial charge in [-0.2, -0.15) is 0 Å². The Bertz CT molecular complexity index is 329. The molecule has 1 aliphatic rings. The van der Waals surface area contributed by atoms with Crippen molar-refractivity contribution in [3.05, 3.63) is 35.1 Å². The standard InChI is InChI=1S/C11H14FN/c1-8-6-10(12)3-2-9(8)7-11(13)4-5-11/h2-3,6H,4-5,7,13H2,1H3. The molecule has 0 bridgehead atoms. The Morgan fingerprint density at radius 2 is 2.15 bits per heavy atom. The van der Waals surface area contributed by atoms with E-state index >= 15 is 0 Å². The molecule has 0 saturated heterocycles. The normalized spacial score (nSPS) is 18.7. The van der Waals surface area contributed by atoms with Gasteiger partial charge < -0.3 is 5.73 Å². The van der Waals surface area contributed by atoms with Gasteiger partial charge in [0.1, 0.15) is 5.82 Å². The quantitative estimate of drug-likeness (QED) is 0.739. The Labute approximate surface area is 77.8 Å². The molecule has 0 atom stereocenters. The van der Waals surface area contributed by atoms with Crippen LogP contribution in [0.15, 0.2) is 18.2 Å². The topological polar surface area (TPSA) is 26.0 Å². The molecule has 1 aromatic rings. The van der Waals surface area contributed by atoms with Crippen LogP contribution in [-0.2, 0) is 6.42 Å². The maximum Gasteiger partial charge on any atom is 0.123 e. The molecule has 0 unspecified atom stereocenters. The number of hydrogen-bond acceptors (Lipinski definition) is 1. The average molecular weight is 179 g/mol. The van der Waals surface area contributed by atoms with Crippen molar-refractivity contribution in [1.82, 2.24) is 0 Å². The highest BCUT2D eigenvalue weighted by molar-refractivity contribution is 5.29. The zero-order valence-electron chi connectivity index (χ0n) is 7.81. The van der Waals surface area contributed by atoms with Gasteiger partial charge in [-0.1, -0.05) is 6.07 Å². The summed E-state index contributed by atoms with van der Waals surface area (Å²) in [5.41, 5.74) is 8.20. The Hall–Kier alpha value is -0.890. The number of halogens is 1. The predicted octanol–water partition coefficient (Wildman–Crippen LogP) is 2.17. The molecule has 0 spiro atoms. The molecule has 70 valence electrons. The van der Waals surface area contributed by atoms with Crippen LogP contribution in [0.25, 0.3) is 0 Å². The fraction of sp³-hybridized carbons (Fsp3) is 0.455. The molecule has 1 nitrogen and oxygen atoms in total. The van der Waals surface area contributed by atoms with Gasteiger partial charge in [-0.15, -0.1) is 0 Å². The van der Waals surface area contributed by atoms with Gasteiger partial charge in [0, 0.05) is 5.54 Å². The monoisotopic (exact) mass is 179 g/mol. The summed E-state index contributed by atoms with van der Waals surface area (Å²) in [5.74, 6) is -0.164. The summed E-state index contributed by atoms with van der Waals surface area (Å²) >= 11 is 0. The fourth-order valence-electron chi connectivity index (χ4n) is 1.57. The third-order valence-electron chi connectivity index (χ3n) is 2.74. The fourth-order valence-corrected chi connectivity index (χ4v) is 1.57. The van der Waals surface area contributed by atoms with E-state index in [2.05, 4.69) is 0 Å².